The molecule has 0 saturated heterocycles. The predicted molar refractivity (Wildman–Crippen MR) is 83.8 cm³/mol. The summed E-state index contributed by atoms with van der Waals surface area (Å²) in [6.07, 6.45) is 1.73. The lowest BCUT2D eigenvalue weighted by atomic mass is 9.87. The van der Waals surface area contributed by atoms with Crippen molar-refractivity contribution < 1.29 is 5.11 Å². The van der Waals surface area contributed by atoms with E-state index in [4.69, 9.17) is 5.11 Å². The third-order valence-electron chi connectivity index (χ3n) is 3.39. The molecule has 1 aromatic carbocycles. The van der Waals surface area contributed by atoms with Gasteiger partial charge < -0.3 is 9.67 Å². The first-order valence-electron chi connectivity index (χ1n) is 6.75. The molecule has 0 radical (unpaired) electrons. The highest BCUT2D eigenvalue weighted by Crippen LogP contribution is 2.25. The van der Waals surface area contributed by atoms with Gasteiger partial charge in [0.2, 0.25) is 0 Å². The summed E-state index contributed by atoms with van der Waals surface area (Å²) in [5, 5.41) is 10.1. The number of nitrogens with zero attached hydrogens (tertiary/aromatic N) is 2. The number of imidazole rings is 1. The number of thioether (sulfide) groups is 1. The molecule has 2 rings (SSSR count). The second kappa shape index (κ2) is 6.02. The maximum absolute atomic E-state index is 9.15. The quantitative estimate of drug-likeness (QED) is 0.876. The number of rotatable bonds is 4. The molecule has 0 saturated carbocycles. The second-order valence-corrected chi connectivity index (χ2v) is 6.93. The van der Waals surface area contributed by atoms with Crippen molar-refractivity contribution in [3.8, 4) is 0 Å². The van der Waals surface area contributed by atoms with Gasteiger partial charge in [-0.05, 0) is 16.5 Å². The lowest BCUT2D eigenvalue weighted by molar-refractivity contribution is 0.271. The Morgan fingerprint density at radius 3 is 2.35 bits per heavy atom. The van der Waals surface area contributed by atoms with Gasteiger partial charge in [-0.15, -0.1) is 0 Å². The van der Waals surface area contributed by atoms with E-state index in [1.165, 1.54) is 11.1 Å². The Morgan fingerprint density at radius 1 is 1.20 bits per heavy atom. The molecule has 0 bridgehead atoms. The van der Waals surface area contributed by atoms with Gasteiger partial charge in [0.05, 0.1) is 18.5 Å². The van der Waals surface area contributed by atoms with Gasteiger partial charge in [0.1, 0.15) is 0 Å². The monoisotopic (exact) mass is 290 g/mol. The van der Waals surface area contributed by atoms with Crippen molar-refractivity contribution >= 4 is 11.8 Å². The van der Waals surface area contributed by atoms with E-state index in [2.05, 4.69) is 50.0 Å². The fourth-order valence-electron chi connectivity index (χ4n) is 1.96. The Bertz CT molecular complexity index is 567. The zero-order chi connectivity index (χ0) is 14.8. The van der Waals surface area contributed by atoms with Crippen LogP contribution in [0.4, 0.5) is 0 Å². The Morgan fingerprint density at radius 2 is 1.85 bits per heavy atom. The SMILES string of the molecule is Cn1c(CO)cnc1SCc1ccc(C(C)(C)C)cc1. The summed E-state index contributed by atoms with van der Waals surface area (Å²) in [6, 6.07) is 8.77. The van der Waals surface area contributed by atoms with E-state index in [0.717, 1.165) is 16.6 Å². The molecule has 4 heteroatoms. The van der Waals surface area contributed by atoms with E-state index in [-0.39, 0.29) is 12.0 Å². The van der Waals surface area contributed by atoms with E-state index in [1.54, 1.807) is 18.0 Å². The van der Waals surface area contributed by atoms with Crippen LogP contribution in [0.1, 0.15) is 37.6 Å². The number of aliphatic hydroxyl groups excluding tert-OH is 1. The zero-order valence-corrected chi connectivity index (χ0v) is 13.4. The fourth-order valence-corrected chi connectivity index (χ4v) is 2.88. The van der Waals surface area contributed by atoms with Crippen molar-refractivity contribution in [2.45, 2.75) is 43.7 Å². The Hall–Kier alpha value is -1.26. The second-order valence-electron chi connectivity index (χ2n) is 5.98. The van der Waals surface area contributed by atoms with Crippen LogP contribution in [0.15, 0.2) is 35.6 Å². The van der Waals surface area contributed by atoms with E-state index >= 15 is 0 Å². The number of aromatic nitrogens is 2. The van der Waals surface area contributed by atoms with Gasteiger partial charge in [-0.1, -0.05) is 56.8 Å². The number of aliphatic hydroxyl groups is 1. The minimum Gasteiger partial charge on any atom is -0.390 e. The normalized spacial score (nSPS) is 11.8. The molecule has 0 unspecified atom stereocenters. The van der Waals surface area contributed by atoms with Crippen LogP contribution in [0.5, 0.6) is 0 Å². The maximum Gasteiger partial charge on any atom is 0.168 e. The lowest BCUT2D eigenvalue weighted by Gasteiger charge is -2.19. The van der Waals surface area contributed by atoms with Crippen LogP contribution in [-0.4, -0.2) is 14.7 Å². The smallest absolute Gasteiger partial charge is 0.168 e. The number of hydrogen-bond acceptors (Lipinski definition) is 3. The highest BCUT2D eigenvalue weighted by molar-refractivity contribution is 7.98. The Labute approximate surface area is 125 Å². The van der Waals surface area contributed by atoms with Crippen molar-refractivity contribution in [2.24, 2.45) is 7.05 Å². The topological polar surface area (TPSA) is 38.0 Å². The van der Waals surface area contributed by atoms with Gasteiger partial charge in [0, 0.05) is 12.8 Å². The molecule has 1 N–H and O–H groups in total. The van der Waals surface area contributed by atoms with Crippen LogP contribution in [0.2, 0.25) is 0 Å². The Kier molecular flexibility index (Phi) is 4.55. The van der Waals surface area contributed by atoms with E-state index in [1.807, 2.05) is 11.6 Å². The molecular weight excluding hydrogens is 268 g/mol. The molecular formula is C16H22N2OS. The molecule has 0 aliphatic carbocycles. The number of benzene rings is 1. The average molecular weight is 290 g/mol. The van der Waals surface area contributed by atoms with Crippen molar-refractivity contribution in [1.29, 1.82) is 0 Å². The molecule has 0 fully saturated rings. The largest absolute Gasteiger partial charge is 0.390 e. The minimum atomic E-state index is 0.0321. The van der Waals surface area contributed by atoms with Crippen LogP contribution < -0.4 is 0 Å². The van der Waals surface area contributed by atoms with E-state index in [9.17, 15) is 0 Å². The minimum absolute atomic E-state index is 0.0321. The van der Waals surface area contributed by atoms with Gasteiger partial charge in [-0.2, -0.15) is 0 Å². The first-order chi connectivity index (χ1) is 9.41. The summed E-state index contributed by atoms with van der Waals surface area (Å²) in [6.45, 7) is 6.70. The van der Waals surface area contributed by atoms with E-state index < -0.39 is 0 Å². The highest BCUT2D eigenvalue weighted by Gasteiger charge is 2.13. The van der Waals surface area contributed by atoms with Crippen LogP contribution in [0.3, 0.4) is 0 Å². The molecule has 1 aromatic heterocycles. The van der Waals surface area contributed by atoms with Crippen LogP contribution >= 0.6 is 11.8 Å². The van der Waals surface area contributed by atoms with Gasteiger partial charge in [0.15, 0.2) is 5.16 Å². The third-order valence-corrected chi connectivity index (χ3v) is 4.51. The molecule has 108 valence electrons. The molecule has 2 aromatic rings. The summed E-state index contributed by atoms with van der Waals surface area (Å²) in [7, 11) is 1.93. The van der Waals surface area contributed by atoms with Crippen LogP contribution in [-0.2, 0) is 24.8 Å². The molecule has 0 amide bonds. The van der Waals surface area contributed by atoms with Crippen molar-refractivity contribution in [2.75, 3.05) is 0 Å². The Balaban J connectivity index is 2.02. The van der Waals surface area contributed by atoms with Gasteiger partial charge in [0.25, 0.3) is 0 Å². The summed E-state index contributed by atoms with van der Waals surface area (Å²) in [5.74, 6) is 0.889. The average Bonchev–Trinajstić information content (AvgIpc) is 2.76. The number of hydrogen-bond donors (Lipinski definition) is 1. The lowest BCUT2D eigenvalue weighted by Crippen LogP contribution is -2.10. The van der Waals surface area contributed by atoms with Crippen molar-refractivity contribution in [1.82, 2.24) is 9.55 Å². The maximum atomic E-state index is 9.15. The first kappa shape index (κ1) is 15.1. The molecule has 3 nitrogen and oxygen atoms in total. The predicted octanol–water partition coefficient (Wildman–Crippen LogP) is 3.50. The van der Waals surface area contributed by atoms with E-state index in [0.29, 0.717) is 0 Å². The summed E-state index contributed by atoms with van der Waals surface area (Å²) < 4.78 is 1.94. The molecule has 20 heavy (non-hydrogen) atoms. The summed E-state index contributed by atoms with van der Waals surface area (Å²) in [5.41, 5.74) is 3.68. The van der Waals surface area contributed by atoms with Crippen LogP contribution in [0.25, 0.3) is 0 Å². The molecule has 0 atom stereocenters. The van der Waals surface area contributed by atoms with Gasteiger partial charge in [-0.3, -0.25) is 0 Å². The van der Waals surface area contributed by atoms with Gasteiger partial charge in [-0.25, -0.2) is 4.98 Å². The third kappa shape index (κ3) is 3.44. The standard InChI is InChI=1S/C16H22N2OS/c1-16(2,3)13-7-5-12(6-8-13)11-20-15-17-9-14(10-19)18(15)4/h5-9,19H,10-11H2,1-4H3. The molecule has 0 spiro atoms. The molecule has 1 heterocycles. The molecule has 0 aliphatic heterocycles. The zero-order valence-electron chi connectivity index (χ0n) is 12.6. The summed E-state index contributed by atoms with van der Waals surface area (Å²) in [4.78, 5) is 4.32. The fraction of sp³-hybridized carbons (Fsp3) is 0.438. The molecule has 0 aliphatic rings. The first-order valence-corrected chi connectivity index (χ1v) is 7.74. The van der Waals surface area contributed by atoms with Gasteiger partial charge >= 0.3 is 0 Å². The van der Waals surface area contributed by atoms with Crippen LogP contribution in [0, 0.1) is 0 Å². The highest BCUT2D eigenvalue weighted by atomic mass is 32.2. The van der Waals surface area contributed by atoms with Crippen molar-refractivity contribution in [3.05, 3.63) is 47.3 Å². The van der Waals surface area contributed by atoms with Crippen molar-refractivity contribution in [3.63, 3.8) is 0 Å². The summed E-state index contributed by atoms with van der Waals surface area (Å²) >= 11 is 1.69.